The molecule has 3 heteroatoms. The van der Waals surface area contributed by atoms with Crippen molar-refractivity contribution in [3.8, 4) is 0 Å². The Morgan fingerprint density at radius 2 is 1.57 bits per heavy atom. The van der Waals surface area contributed by atoms with Crippen molar-refractivity contribution in [2.24, 2.45) is 5.92 Å². The van der Waals surface area contributed by atoms with Gasteiger partial charge in [0.1, 0.15) is 0 Å². The number of carbonyl (C=O) groups is 1. The smallest absolute Gasteiger partial charge is 0.251 e. The highest BCUT2D eigenvalue weighted by Gasteiger charge is 2.10. The summed E-state index contributed by atoms with van der Waals surface area (Å²) in [4.78, 5) is 12.1. The molecule has 0 saturated carbocycles. The Hall–Kier alpha value is -2.13. The molecule has 122 valence electrons. The first-order chi connectivity index (χ1) is 11.0. The summed E-state index contributed by atoms with van der Waals surface area (Å²) in [5.74, 6) is 0.455. The Labute approximate surface area is 138 Å². The SMILES string of the molecule is CC(C)Cc1ccc(C(=O)NCC(O)Cc2ccccc2)cc1. The normalized spacial score (nSPS) is 12.2. The fourth-order valence-corrected chi connectivity index (χ4v) is 2.53. The fraction of sp³-hybridized carbons (Fsp3) is 0.350. The minimum atomic E-state index is -0.582. The van der Waals surface area contributed by atoms with Crippen LogP contribution in [0.2, 0.25) is 0 Å². The van der Waals surface area contributed by atoms with Crippen LogP contribution in [0.1, 0.15) is 35.3 Å². The Kier molecular flexibility index (Phi) is 6.36. The maximum atomic E-state index is 12.1. The van der Waals surface area contributed by atoms with Crippen molar-refractivity contribution in [1.29, 1.82) is 0 Å². The fourth-order valence-electron chi connectivity index (χ4n) is 2.53. The van der Waals surface area contributed by atoms with Gasteiger partial charge in [-0.3, -0.25) is 4.79 Å². The number of rotatable bonds is 7. The third-order valence-corrected chi connectivity index (χ3v) is 3.67. The molecule has 1 unspecified atom stereocenters. The third-order valence-electron chi connectivity index (χ3n) is 3.67. The summed E-state index contributed by atoms with van der Waals surface area (Å²) in [5, 5.41) is 12.8. The summed E-state index contributed by atoms with van der Waals surface area (Å²) in [5.41, 5.74) is 2.93. The van der Waals surface area contributed by atoms with E-state index >= 15 is 0 Å². The monoisotopic (exact) mass is 311 g/mol. The number of carbonyl (C=O) groups excluding carboxylic acids is 1. The van der Waals surface area contributed by atoms with Crippen molar-refractivity contribution in [3.63, 3.8) is 0 Å². The zero-order valence-corrected chi connectivity index (χ0v) is 13.8. The Balaban J connectivity index is 1.82. The molecule has 1 amide bonds. The molecule has 0 heterocycles. The maximum Gasteiger partial charge on any atom is 0.251 e. The Morgan fingerprint density at radius 3 is 2.17 bits per heavy atom. The van der Waals surface area contributed by atoms with E-state index in [0.717, 1.165) is 12.0 Å². The highest BCUT2D eigenvalue weighted by molar-refractivity contribution is 5.94. The van der Waals surface area contributed by atoms with Gasteiger partial charge in [-0.15, -0.1) is 0 Å². The van der Waals surface area contributed by atoms with Crippen LogP contribution in [0.5, 0.6) is 0 Å². The molecule has 2 aromatic rings. The molecule has 0 aliphatic rings. The molecular weight excluding hydrogens is 286 g/mol. The van der Waals surface area contributed by atoms with Gasteiger partial charge in [0.15, 0.2) is 0 Å². The molecule has 0 aliphatic heterocycles. The summed E-state index contributed by atoms with van der Waals surface area (Å²) >= 11 is 0. The number of aliphatic hydroxyl groups is 1. The van der Waals surface area contributed by atoms with Crippen molar-refractivity contribution in [2.75, 3.05) is 6.54 Å². The molecule has 0 spiro atoms. The Morgan fingerprint density at radius 1 is 0.957 bits per heavy atom. The lowest BCUT2D eigenvalue weighted by Crippen LogP contribution is -2.33. The van der Waals surface area contributed by atoms with Gasteiger partial charge in [0.25, 0.3) is 5.91 Å². The van der Waals surface area contributed by atoms with Crippen molar-refractivity contribution >= 4 is 5.91 Å². The van der Waals surface area contributed by atoms with Gasteiger partial charge in [-0.1, -0.05) is 56.3 Å². The lowest BCUT2D eigenvalue weighted by atomic mass is 10.0. The molecule has 0 bridgehead atoms. The van der Waals surface area contributed by atoms with Crippen LogP contribution in [-0.4, -0.2) is 23.7 Å². The molecule has 1 atom stereocenters. The summed E-state index contributed by atoms with van der Waals surface area (Å²) in [6.07, 6.45) is 0.966. The second-order valence-corrected chi connectivity index (χ2v) is 6.35. The maximum absolute atomic E-state index is 12.1. The number of benzene rings is 2. The molecule has 2 aromatic carbocycles. The van der Waals surface area contributed by atoms with Crippen molar-refractivity contribution < 1.29 is 9.90 Å². The predicted octanol–water partition coefficient (Wildman–Crippen LogP) is 3.22. The molecule has 0 fully saturated rings. The number of hydrogen-bond donors (Lipinski definition) is 2. The zero-order chi connectivity index (χ0) is 16.7. The first-order valence-corrected chi connectivity index (χ1v) is 8.13. The molecule has 2 rings (SSSR count). The zero-order valence-electron chi connectivity index (χ0n) is 13.8. The molecule has 0 aliphatic carbocycles. The van der Waals surface area contributed by atoms with Crippen LogP contribution in [0.15, 0.2) is 54.6 Å². The summed E-state index contributed by atoms with van der Waals surface area (Å²) in [7, 11) is 0. The van der Waals surface area contributed by atoms with Gasteiger partial charge in [-0.2, -0.15) is 0 Å². The van der Waals surface area contributed by atoms with E-state index in [1.807, 2.05) is 54.6 Å². The second kappa shape index (κ2) is 8.49. The molecule has 23 heavy (non-hydrogen) atoms. The molecule has 0 saturated heterocycles. The van der Waals surface area contributed by atoms with E-state index in [1.54, 1.807) is 0 Å². The first-order valence-electron chi connectivity index (χ1n) is 8.13. The van der Waals surface area contributed by atoms with Crippen LogP contribution >= 0.6 is 0 Å². The average molecular weight is 311 g/mol. The van der Waals surface area contributed by atoms with Gasteiger partial charge in [-0.25, -0.2) is 0 Å². The molecule has 3 nitrogen and oxygen atoms in total. The predicted molar refractivity (Wildman–Crippen MR) is 93.5 cm³/mol. The van der Waals surface area contributed by atoms with Crippen molar-refractivity contribution in [2.45, 2.75) is 32.8 Å². The second-order valence-electron chi connectivity index (χ2n) is 6.35. The molecule has 0 radical (unpaired) electrons. The van der Waals surface area contributed by atoms with Crippen LogP contribution in [0.3, 0.4) is 0 Å². The van der Waals surface area contributed by atoms with E-state index in [9.17, 15) is 9.90 Å². The lowest BCUT2D eigenvalue weighted by molar-refractivity contribution is 0.0916. The van der Waals surface area contributed by atoms with E-state index in [0.29, 0.717) is 17.9 Å². The standard InChI is InChI=1S/C20H25NO2/c1-15(2)12-17-8-10-18(11-9-17)20(23)21-14-19(22)13-16-6-4-3-5-7-16/h3-11,15,19,22H,12-14H2,1-2H3,(H,21,23). The van der Waals surface area contributed by atoms with Crippen LogP contribution in [0, 0.1) is 5.92 Å². The van der Waals surface area contributed by atoms with E-state index in [4.69, 9.17) is 0 Å². The number of aliphatic hydroxyl groups excluding tert-OH is 1. The number of nitrogens with one attached hydrogen (secondary N) is 1. The molecule has 2 N–H and O–H groups in total. The highest BCUT2D eigenvalue weighted by atomic mass is 16.3. The number of hydrogen-bond acceptors (Lipinski definition) is 2. The quantitative estimate of drug-likeness (QED) is 0.825. The minimum absolute atomic E-state index is 0.145. The van der Waals surface area contributed by atoms with E-state index in [1.165, 1.54) is 5.56 Å². The van der Waals surface area contributed by atoms with E-state index in [-0.39, 0.29) is 12.5 Å². The van der Waals surface area contributed by atoms with Gasteiger partial charge in [0.05, 0.1) is 6.10 Å². The summed E-state index contributed by atoms with van der Waals surface area (Å²) < 4.78 is 0. The summed E-state index contributed by atoms with van der Waals surface area (Å²) in [6.45, 7) is 4.60. The summed E-state index contributed by atoms with van der Waals surface area (Å²) in [6, 6.07) is 17.5. The van der Waals surface area contributed by atoms with Crippen LogP contribution < -0.4 is 5.32 Å². The van der Waals surface area contributed by atoms with Gasteiger partial charge in [-0.05, 0) is 35.6 Å². The van der Waals surface area contributed by atoms with Gasteiger partial charge in [0, 0.05) is 18.5 Å². The molecular formula is C20H25NO2. The van der Waals surface area contributed by atoms with Gasteiger partial charge in [0.2, 0.25) is 0 Å². The minimum Gasteiger partial charge on any atom is -0.391 e. The van der Waals surface area contributed by atoms with E-state index < -0.39 is 6.10 Å². The molecule has 0 aromatic heterocycles. The van der Waals surface area contributed by atoms with E-state index in [2.05, 4.69) is 19.2 Å². The lowest BCUT2D eigenvalue weighted by Gasteiger charge is -2.12. The van der Waals surface area contributed by atoms with Gasteiger partial charge >= 0.3 is 0 Å². The van der Waals surface area contributed by atoms with Crippen LogP contribution in [-0.2, 0) is 12.8 Å². The Bertz CT molecular complexity index is 605. The topological polar surface area (TPSA) is 49.3 Å². The first kappa shape index (κ1) is 17.2. The largest absolute Gasteiger partial charge is 0.391 e. The van der Waals surface area contributed by atoms with Crippen molar-refractivity contribution in [3.05, 3.63) is 71.3 Å². The van der Waals surface area contributed by atoms with Gasteiger partial charge < -0.3 is 10.4 Å². The van der Waals surface area contributed by atoms with Crippen LogP contribution in [0.4, 0.5) is 0 Å². The third kappa shape index (κ3) is 5.87. The highest BCUT2D eigenvalue weighted by Crippen LogP contribution is 2.10. The van der Waals surface area contributed by atoms with Crippen LogP contribution in [0.25, 0.3) is 0 Å². The average Bonchev–Trinajstić information content (AvgIpc) is 2.54. The number of amides is 1. The van der Waals surface area contributed by atoms with Crippen molar-refractivity contribution in [1.82, 2.24) is 5.32 Å².